The maximum Gasteiger partial charge on any atom is 0.136 e. The number of aromatic nitrogens is 9. The van der Waals surface area contributed by atoms with Gasteiger partial charge >= 0.3 is 0 Å². The molecule has 12 rings (SSSR count). The van der Waals surface area contributed by atoms with Gasteiger partial charge in [0.05, 0.1) is 68.1 Å². The van der Waals surface area contributed by atoms with Crippen LogP contribution < -0.4 is 0 Å². The van der Waals surface area contributed by atoms with E-state index in [9.17, 15) is 0 Å². The largest absolute Gasteiger partial charge is 0.338 e. The number of hydrogen-bond donors (Lipinski definition) is 0. The van der Waals surface area contributed by atoms with Gasteiger partial charge in [0.2, 0.25) is 0 Å². The van der Waals surface area contributed by atoms with Crippen molar-refractivity contribution in [2.75, 3.05) is 0 Å². The van der Waals surface area contributed by atoms with E-state index in [4.69, 9.17) is 37.9 Å². The molecule has 0 radical (unpaired) electrons. The van der Waals surface area contributed by atoms with Crippen LogP contribution in [0.25, 0.3) is 114 Å². The van der Waals surface area contributed by atoms with Gasteiger partial charge in [-0.05, 0) is 97.7 Å². The van der Waals surface area contributed by atoms with Crippen molar-refractivity contribution in [3.05, 3.63) is 70.4 Å². The molecule has 76 heavy (non-hydrogen) atoms. The average molecular weight is 1170 g/mol. The molecule has 0 aliphatic carbocycles. The molecule has 12 aromatic heterocycles. The van der Waals surface area contributed by atoms with Crippen LogP contribution in [0.3, 0.4) is 0 Å². The molecule has 0 amide bonds. The van der Waals surface area contributed by atoms with Crippen LogP contribution in [0.5, 0.6) is 0 Å². The fourth-order valence-corrected chi connectivity index (χ4v) is 20.1. The van der Waals surface area contributed by atoms with Gasteiger partial charge in [0.1, 0.15) is 44.8 Å². The Morgan fingerprint density at radius 2 is 0.829 bits per heavy atom. The molecular formula is C58H61N9S9. The first-order valence-electron chi connectivity index (χ1n) is 27.2. The summed E-state index contributed by atoms with van der Waals surface area (Å²) in [7, 11) is 0. The maximum absolute atomic E-state index is 4.99. The number of rotatable bonds is 24. The van der Waals surface area contributed by atoms with Crippen molar-refractivity contribution in [3.63, 3.8) is 0 Å². The van der Waals surface area contributed by atoms with Crippen molar-refractivity contribution >= 4 is 155 Å². The Balaban J connectivity index is 0.853. The number of thiophene rings is 7. The minimum absolute atomic E-state index is 0.559. The highest BCUT2D eigenvalue weighted by molar-refractivity contribution is 7.37. The molecule has 12 heterocycles. The van der Waals surface area contributed by atoms with Gasteiger partial charge in [-0.25, -0.2) is 0 Å². The van der Waals surface area contributed by atoms with E-state index in [1.165, 1.54) is 166 Å². The van der Waals surface area contributed by atoms with E-state index < -0.39 is 0 Å². The van der Waals surface area contributed by atoms with Crippen LogP contribution in [0.1, 0.15) is 128 Å². The molecule has 0 saturated heterocycles. The Kier molecular flexibility index (Phi) is 16.0. The number of fused-ring (bicyclic) bond motifs is 7. The average Bonchev–Trinajstić information content (AvgIpc) is 4.32. The summed E-state index contributed by atoms with van der Waals surface area (Å²) < 4.78 is 27.3. The van der Waals surface area contributed by atoms with Crippen LogP contribution in [-0.4, -0.2) is 42.5 Å². The van der Waals surface area contributed by atoms with E-state index in [-0.39, 0.29) is 0 Å². The van der Waals surface area contributed by atoms with E-state index in [1.54, 1.807) is 22.7 Å². The molecule has 12 aromatic rings. The first-order valence-corrected chi connectivity index (χ1v) is 34.4. The maximum atomic E-state index is 4.99. The fourth-order valence-electron chi connectivity index (χ4n) is 10.7. The van der Waals surface area contributed by atoms with E-state index in [0.29, 0.717) is 5.92 Å². The lowest BCUT2D eigenvalue weighted by Gasteiger charge is -2.16. The van der Waals surface area contributed by atoms with E-state index >= 15 is 0 Å². The molecule has 392 valence electrons. The highest BCUT2D eigenvalue weighted by Gasteiger charge is 2.28. The fraction of sp³-hybridized carbons (Fsp3) is 0.414. The Hall–Kier alpha value is -4.24. The van der Waals surface area contributed by atoms with E-state index in [0.717, 1.165) is 89.2 Å². The standard InChI is InChI=1S/C58H61N9S9/c1-7-13-16-32(10-4)27-35-19-21-38(68-35)40-23-25-42(70-40)47-51-53(65-75-63-51)49(61-59-47)44-29-37-56(72-44)58-55(67(37)31-34(12-6)18-15-9-3)57-46(74-58)30-45(73-57)50-54-52(64-76-66-54)48(60-62-50)43-26-24-41(71-43)39-22-20-36(69-39)28-33(11-5)17-14-8-2/h19-26,29-30,32-34H,7-18,27-28,31H2,1-6H3. The van der Waals surface area contributed by atoms with Crippen LogP contribution >= 0.6 is 103 Å². The molecule has 0 aliphatic rings. The van der Waals surface area contributed by atoms with Crippen LogP contribution in [0.2, 0.25) is 0 Å². The zero-order valence-electron chi connectivity index (χ0n) is 43.8. The van der Waals surface area contributed by atoms with Crippen molar-refractivity contribution in [2.24, 2.45) is 17.8 Å². The molecule has 0 spiro atoms. The molecule has 0 aromatic carbocycles. The van der Waals surface area contributed by atoms with E-state index in [2.05, 4.69) is 107 Å². The third-order valence-corrected chi connectivity index (χ3v) is 24.7. The summed E-state index contributed by atoms with van der Waals surface area (Å²) in [5.41, 5.74) is 9.09. The lowest BCUT2D eigenvalue weighted by molar-refractivity contribution is 0.401. The summed E-state index contributed by atoms with van der Waals surface area (Å²) in [4.78, 5) is 12.4. The first kappa shape index (κ1) is 52.5. The molecule has 3 atom stereocenters. The summed E-state index contributed by atoms with van der Waals surface area (Å²) in [5, 5.41) is 19.8. The van der Waals surface area contributed by atoms with Gasteiger partial charge in [0, 0.05) is 40.5 Å². The number of nitrogens with zero attached hydrogens (tertiary/aromatic N) is 9. The van der Waals surface area contributed by atoms with Gasteiger partial charge in [-0.15, -0.1) is 99.8 Å². The Morgan fingerprint density at radius 1 is 0.408 bits per heavy atom. The highest BCUT2D eigenvalue weighted by atomic mass is 32.1. The van der Waals surface area contributed by atoms with Crippen LogP contribution in [-0.2, 0) is 19.4 Å². The third kappa shape index (κ3) is 10.2. The summed E-state index contributed by atoms with van der Waals surface area (Å²) >= 11 is 15.4. The topological polar surface area (TPSA) is 108 Å². The molecule has 0 fully saturated rings. The van der Waals surface area contributed by atoms with Crippen LogP contribution in [0.4, 0.5) is 0 Å². The quantitative estimate of drug-likeness (QED) is 0.0589. The SMILES string of the molecule is CCCCC(CC)Cc1ccc(-c2ccc(-c3nnc(-c4cc5c(s4)c4sc6cc(-c7nnc(-c8ccc(-c9ccc(CC(CC)CCCC)s9)s8)c8nsnc78)sc6c4n5CC(CC)CCCC)c4nsnc34)s2)s1. The summed E-state index contributed by atoms with van der Waals surface area (Å²) in [6, 6.07) is 22.8. The first-order chi connectivity index (χ1) is 37.4. The third-order valence-electron chi connectivity index (χ3n) is 15.2. The zero-order chi connectivity index (χ0) is 51.9. The molecule has 0 N–H and O–H groups in total. The van der Waals surface area contributed by atoms with Crippen LogP contribution in [0.15, 0.2) is 60.7 Å². The number of hydrogen-bond acceptors (Lipinski definition) is 17. The van der Waals surface area contributed by atoms with Crippen molar-refractivity contribution in [1.29, 1.82) is 0 Å². The van der Waals surface area contributed by atoms with Gasteiger partial charge < -0.3 is 4.57 Å². The van der Waals surface area contributed by atoms with Crippen LogP contribution in [0, 0.1) is 17.8 Å². The zero-order valence-corrected chi connectivity index (χ0v) is 51.2. The van der Waals surface area contributed by atoms with E-state index in [1.807, 2.05) is 56.7 Å². The highest BCUT2D eigenvalue weighted by Crippen LogP contribution is 2.51. The second-order valence-electron chi connectivity index (χ2n) is 20.3. The van der Waals surface area contributed by atoms with Crippen molar-refractivity contribution < 1.29 is 0 Å². The molecule has 0 bridgehead atoms. The van der Waals surface area contributed by atoms with Crippen molar-refractivity contribution in [1.82, 2.24) is 42.5 Å². The minimum atomic E-state index is 0.559. The van der Waals surface area contributed by atoms with Crippen molar-refractivity contribution in [3.8, 4) is 61.8 Å². The lowest BCUT2D eigenvalue weighted by Crippen LogP contribution is -2.09. The van der Waals surface area contributed by atoms with Gasteiger partial charge in [0.15, 0.2) is 0 Å². The summed E-state index contributed by atoms with van der Waals surface area (Å²) in [5.74, 6) is 2.07. The predicted molar refractivity (Wildman–Crippen MR) is 335 cm³/mol. The molecule has 0 aliphatic heterocycles. The summed E-state index contributed by atoms with van der Waals surface area (Å²) in [6.45, 7) is 14.9. The summed E-state index contributed by atoms with van der Waals surface area (Å²) in [6.07, 6.45) is 17.3. The van der Waals surface area contributed by atoms with Gasteiger partial charge in [-0.1, -0.05) is 112 Å². The molecule has 0 saturated carbocycles. The Bertz CT molecular complexity index is 3920. The van der Waals surface area contributed by atoms with Gasteiger partial charge in [-0.2, -0.15) is 17.5 Å². The predicted octanol–water partition coefficient (Wildman–Crippen LogP) is 20.7. The second kappa shape index (κ2) is 23.2. The van der Waals surface area contributed by atoms with Gasteiger partial charge in [-0.3, -0.25) is 0 Å². The smallest absolute Gasteiger partial charge is 0.136 e. The molecule has 3 unspecified atom stereocenters. The number of unbranched alkanes of at least 4 members (excludes halogenated alkanes) is 3. The monoisotopic (exact) mass is 1170 g/mol. The Morgan fingerprint density at radius 3 is 1.32 bits per heavy atom. The van der Waals surface area contributed by atoms with Crippen molar-refractivity contribution in [2.45, 2.75) is 138 Å². The normalized spacial score (nSPS) is 13.5. The molecular weight excluding hydrogens is 1110 g/mol. The second-order valence-corrected chi connectivity index (χ2v) is 29.0. The Labute approximate surface area is 480 Å². The lowest BCUT2D eigenvalue weighted by atomic mass is 9.95. The molecule has 9 nitrogen and oxygen atoms in total. The van der Waals surface area contributed by atoms with Gasteiger partial charge in [0.25, 0.3) is 0 Å². The molecule has 18 heteroatoms. The minimum Gasteiger partial charge on any atom is -0.338 e.